The van der Waals surface area contributed by atoms with Crippen molar-refractivity contribution in [3.8, 4) is 0 Å². The lowest BCUT2D eigenvalue weighted by molar-refractivity contribution is 1.03. The van der Waals surface area contributed by atoms with E-state index in [0.29, 0.717) is 5.54 Å². The topological polar surface area (TPSA) is 0 Å². The second kappa shape index (κ2) is 5.57. The Morgan fingerprint density at radius 2 is 0.850 bits per heavy atom. The summed E-state index contributed by atoms with van der Waals surface area (Å²) in [5.41, 5.74) is 11.9. The third kappa shape index (κ3) is 2.73. The first-order valence-corrected chi connectivity index (χ1v) is 8.11. The molecule has 0 aromatic heterocycles. The molecule has 0 bridgehead atoms. The van der Waals surface area contributed by atoms with Gasteiger partial charge in [-0.15, -0.1) is 0 Å². The van der Waals surface area contributed by atoms with Gasteiger partial charge in [0.25, 0.3) is 0 Å². The Balaban J connectivity index is 2.61. The molecule has 1 radical (unpaired) electrons. The Labute approximate surface area is 126 Å². The van der Waals surface area contributed by atoms with Gasteiger partial charge in [-0.05, 0) is 80.5 Å². The summed E-state index contributed by atoms with van der Waals surface area (Å²) in [5, 5.41) is 0. The maximum absolute atomic E-state index is 2.31. The Morgan fingerprint density at radius 1 is 0.600 bits per heavy atom. The Kier molecular flexibility index (Phi) is 4.19. The summed E-state index contributed by atoms with van der Waals surface area (Å²) >= 11 is 0. The van der Waals surface area contributed by atoms with E-state index in [0.717, 1.165) is 0 Å². The standard InChI is InChI=1S/C19H25Si/c1-11-7-13(3)17(14(4)8-11)19(20)18-15(5)9-12(2)10-16(18)6/h7-10,19H,20H2,1-6H3. The van der Waals surface area contributed by atoms with Gasteiger partial charge in [0.05, 0.1) is 0 Å². The predicted molar refractivity (Wildman–Crippen MR) is 91.7 cm³/mol. The molecule has 0 aliphatic rings. The molecule has 0 saturated heterocycles. The molecule has 1 heteroatoms. The molecule has 0 unspecified atom stereocenters. The summed E-state index contributed by atoms with van der Waals surface area (Å²) in [4.78, 5) is 0. The zero-order valence-corrected chi connectivity index (χ0v) is 15.0. The van der Waals surface area contributed by atoms with Crippen molar-refractivity contribution < 1.29 is 0 Å². The highest BCUT2D eigenvalue weighted by atomic mass is 28.1. The van der Waals surface area contributed by atoms with E-state index in [1.807, 2.05) is 0 Å². The van der Waals surface area contributed by atoms with Gasteiger partial charge in [-0.2, -0.15) is 0 Å². The van der Waals surface area contributed by atoms with Crippen LogP contribution in [0.2, 0.25) is 0 Å². The van der Waals surface area contributed by atoms with Crippen LogP contribution in [0.3, 0.4) is 0 Å². The molecule has 0 saturated carbocycles. The van der Waals surface area contributed by atoms with E-state index in [1.54, 1.807) is 0 Å². The largest absolute Gasteiger partial charge is 0.0561 e. The molecule has 2 aromatic carbocycles. The summed E-state index contributed by atoms with van der Waals surface area (Å²) in [7, 11) is 2.10. The number of rotatable bonds is 2. The first-order valence-electron chi connectivity index (χ1n) is 7.29. The summed E-state index contributed by atoms with van der Waals surface area (Å²) < 4.78 is 0. The van der Waals surface area contributed by atoms with Crippen LogP contribution in [0, 0.1) is 41.5 Å². The van der Waals surface area contributed by atoms with Crippen molar-refractivity contribution in [2.24, 2.45) is 0 Å². The van der Waals surface area contributed by atoms with Gasteiger partial charge in [0.15, 0.2) is 0 Å². The number of hydrogen-bond donors (Lipinski definition) is 0. The zero-order chi connectivity index (χ0) is 15.0. The van der Waals surface area contributed by atoms with Crippen LogP contribution in [0.15, 0.2) is 24.3 Å². The van der Waals surface area contributed by atoms with Crippen LogP contribution >= 0.6 is 0 Å². The van der Waals surface area contributed by atoms with Crippen LogP contribution in [0.5, 0.6) is 0 Å². The molecule has 2 rings (SSSR count). The van der Waals surface area contributed by atoms with Crippen LogP contribution < -0.4 is 0 Å². The lowest BCUT2D eigenvalue weighted by Crippen LogP contribution is -2.09. The van der Waals surface area contributed by atoms with Gasteiger partial charge in [0.1, 0.15) is 0 Å². The zero-order valence-electron chi connectivity index (χ0n) is 13.6. The summed E-state index contributed by atoms with van der Waals surface area (Å²) in [6, 6.07) is 9.23. The van der Waals surface area contributed by atoms with Gasteiger partial charge in [0, 0.05) is 10.2 Å². The first kappa shape index (κ1) is 15.1. The van der Waals surface area contributed by atoms with Crippen molar-refractivity contribution >= 4 is 10.2 Å². The quantitative estimate of drug-likeness (QED) is 0.722. The molecular formula is C19H25Si. The second-order valence-electron chi connectivity index (χ2n) is 6.18. The van der Waals surface area contributed by atoms with E-state index in [-0.39, 0.29) is 0 Å². The van der Waals surface area contributed by atoms with Crippen molar-refractivity contribution in [1.29, 1.82) is 0 Å². The monoisotopic (exact) mass is 281 g/mol. The highest BCUT2D eigenvalue weighted by Crippen LogP contribution is 2.32. The van der Waals surface area contributed by atoms with Gasteiger partial charge >= 0.3 is 0 Å². The van der Waals surface area contributed by atoms with Gasteiger partial charge < -0.3 is 0 Å². The van der Waals surface area contributed by atoms with Crippen LogP contribution in [-0.2, 0) is 0 Å². The van der Waals surface area contributed by atoms with Crippen molar-refractivity contribution in [3.05, 3.63) is 68.8 Å². The van der Waals surface area contributed by atoms with E-state index in [4.69, 9.17) is 0 Å². The lowest BCUT2D eigenvalue weighted by atomic mass is 9.89. The van der Waals surface area contributed by atoms with Crippen molar-refractivity contribution in [2.45, 2.75) is 47.1 Å². The minimum atomic E-state index is 0.483. The molecule has 0 aliphatic heterocycles. The van der Waals surface area contributed by atoms with E-state index in [2.05, 4.69) is 76.1 Å². The lowest BCUT2D eigenvalue weighted by Gasteiger charge is -2.23. The average Bonchev–Trinajstić information content (AvgIpc) is 2.25. The summed E-state index contributed by atoms with van der Waals surface area (Å²) in [5.74, 6) is 0. The Morgan fingerprint density at radius 3 is 1.10 bits per heavy atom. The number of aryl methyl sites for hydroxylation is 6. The molecule has 0 fully saturated rings. The number of benzene rings is 2. The SMILES string of the molecule is Cc1cc(C)c(C([SiH2])c2c(C)cc(C)cc2C)c(C)c1. The molecule has 0 amide bonds. The van der Waals surface area contributed by atoms with Gasteiger partial charge in [-0.25, -0.2) is 0 Å². The Bertz CT molecular complexity index is 549. The van der Waals surface area contributed by atoms with Crippen molar-refractivity contribution in [3.63, 3.8) is 0 Å². The molecule has 105 valence electrons. The summed E-state index contributed by atoms with van der Waals surface area (Å²) in [6.45, 7) is 13.3. The fraction of sp³-hybridized carbons (Fsp3) is 0.368. The molecule has 0 heterocycles. The number of hydrogen-bond acceptors (Lipinski definition) is 0. The van der Waals surface area contributed by atoms with Crippen molar-refractivity contribution in [2.75, 3.05) is 0 Å². The molecule has 0 aliphatic carbocycles. The molecule has 20 heavy (non-hydrogen) atoms. The van der Waals surface area contributed by atoms with Gasteiger partial charge in [-0.1, -0.05) is 35.4 Å². The molecule has 0 nitrogen and oxygen atoms in total. The van der Waals surface area contributed by atoms with E-state index in [9.17, 15) is 0 Å². The molecule has 0 N–H and O–H groups in total. The van der Waals surface area contributed by atoms with E-state index in [1.165, 1.54) is 44.5 Å². The minimum Gasteiger partial charge on any atom is -0.0561 e. The fourth-order valence-electron chi connectivity index (χ4n) is 3.63. The molecule has 2 aromatic rings. The summed E-state index contributed by atoms with van der Waals surface area (Å²) in [6.07, 6.45) is 0. The van der Waals surface area contributed by atoms with Gasteiger partial charge in [-0.3, -0.25) is 0 Å². The maximum atomic E-state index is 2.31. The Hall–Kier alpha value is -1.34. The van der Waals surface area contributed by atoms with E-state index < -0.39 is 0 Å². The van der Waals surface area contributed by atoms with Gasteiger partial charge in [0.2, 0.25) is 0 Å². The smallest absolute Gasteiger partial charge is 0.0239 e. The predicted octanol–water partition coefficient (Wildman–Crippen LogP) is 4.26. The molecule has 0 spiro atoms. The van der Waals surface area contributed by atoms with Crippen LogP contribution in [0.1, 0.15) is 50.0 Å². The fourth-order valence-corrected chi connectivity index (χ4v) is 4.91. The molecule has 0 atom stereocenters. The minimum absolute atomic E-state index is 0.483. The molecular weight excluding hydrogens is 256 g/mol. The normalized spacial score (nSPS) is 11.2. The van der Waals surface area contributed by atoms with Crippen molar-refractivity contribution in [1.82, 2.24) is 0 Å². The van der Waals surface area contributed by atoms with Crippen LogP contribution in [0.25, 0.3) is 0 Å². The van der Waals surface area contributed by atoms with Crippen LogP contribution in [-0.4, -0.2) is 10.2 Å². The third-order valence-corrected chi connectivity index (χ3v) is 4.99. The highest BCUT2D eigenvalue weighted by molar-refractivity contribution is 6.15. The second-order valence-corrected chi connectivity index (χ2v) is 6.99. The third-order valence-electron chi connectivity index (χ3n) is 4.17. The average molecular weight is 281 g/mol. The highest BCUT2D eigenvalue weighted by Gasteiger charge is 2.17. The first-order chi connectivity index (χ1) is 9.31. The van der Waals surface area contributed by atoms with Crippen LogP contribution in [0.4, 0.5) is 0 Å². The maximum Gasteiger partial charge on any atom is 0.0239 e. The van der Waals surface area contributed by atoms with E-state index >= 15 is 0 Å².